The van der Waals surface area contributed by atoms with E-state index in [9.17, 15) is 0 Å². The van der Waals surface area contributed by atoms with Gasteiger partial charge in [-0.05, 0) is 74.3 Å². The molecule has 0 amide bonds. The van der Waals surface area contributed by atoms with Crippen LogP contribution in [-0.2, 0) is 53.9 Å². The minimum absolute atomic E-state index is 0. The summed E-state index contributed by atoms with van der Waals surface area (Å²) < 4.78 is 4.00. The van der Waals surface area contributed by atoms with Gasteiger partial charge in [0.25, 0.3) is 0 Å². The molecule has 6 heterocycles. The van der Waals surface area contributed by atoms with Gasteiger partial charge in [0.1, 0.15) is 12.4 Å². The van der Waals surface area contributed by atoms with Crippen LogP contribution in [0.15, 0.2) is 165 Å². The summed E-state index contributed by atoms with van der Waals surface area (Å²) in [4.78, 5) is 21.9. The Morgan fingerprint density at radius 2 is 1.02 bits per heavy atom. The van der Waals surface area contributed by atoms with Gasteiger partial charge in [-0.2, -0.15) is 6.67 Å². The predicted octanol–water partition coefficient (Wildman–Crippen LogP) is 9.42. The van der Waals surface area contributed by atoms with Gasteiger partial charge >= 0.3 is 49.3 Å². The first-order valence-corrected chi connectivity index (χ1v) is 19.0. The van der Waals surface area contributed by atoms with Crippen molar-refractivity contribution in [1.29, 1.82) is 0 Å². The molecule has 0 saturated carbocycles. The molecule has 1 aliphatic rings. The molecule has 0 bridgehead atoms. The molecule has 0 unspecified atom stereocenters. The first kappa shape index (κ1) is 48.8. The summed E-state index contributed by atoms with van der Waals surface area (Å²) in [6.45, 7) is 2.00. The van der Waals surface area contributed by atoms with E-state index in [1.807, 2.05) is 206 Å². The maximum atomic E-state index is 4.62. The average Bonchev–Trinajstić information content (AvgIpc) is 3.81. The van der Waals surface area contributed by atoms with Crippen molar-refractivity contribution in [3.05, 3.63) is 184 Å². The molecule has 0 atom stereocenters. The van der Waals surface area contributed by atoms with Crippen LogP contribution in [0, 0.1) is 18.8 Å². The van der Waals surface area contributed by atoms with E-state index in [2.05, 4.69) is 41.5 Å². The van der Waals surface area contributed by atoms with Gasteiger partial charge in [0.2, 0.25) is 6.33 Å². The van der Waals surface area contributed by atoms with E-state index in [1.54, 1.807) is 31.2 Å². The fourth-order valence-corrected chi connectivity index (χ4v) is 4.74. The molecular formula is C43H45BrClN8Pt2+. The summed E-state index contributed by atoms with van der Waals surface area (Å²) in [5.41, 5.74) is 7.35. The Balaban J connectivity index is 0.000000383. The largest absolute Gasteiger partial charge is 2.00 e. The molecule has 12 heteroatoms. The molecule has 0 fully saturated rings. The standard InChI is InChI=1S/2C16H11N2.2C5H9N2.CH4.BrH.ClH.2Pt/c2*1-2-7-13(8-3-1)14-10-6-11-16(18-14)15-9-4-5-12-17-15;2*1-6-3-4-7(2)5-6;;;;;/h2*1-7,9-12H;2*3-5H,1-2H3;1H4;2*1H;;/q3*-1;+1;;;;2*+2/p-1. The number of imidazole rings is 1. The number of aryl methyl sites for hydroxylation is 2. The summed E-state index contributed by atoms with van der Waals surface area (Å²) in [6.07, 6.45) is 13.6. The summed E-state index contributed by atoms with van der Waals surface area (Å²) >= 11 is 1.61. The van der Waals surface area contributed by atoms with Gasteiger partial charge in [-0.15, -0.1) is 88.8 Å². The Labute approximate surface area is 366 Å². The predicted molar refractivity (Wildman–Crippen MR) is 222 cm³/mol. The van der Waals surface area contributed by atoms with Gasteiger partial charge in [0.05, 0.1) is 36.9 Å². The van der Waals surface area contributed by atoms with Gasteiger partial charge in [-0.1, -0.05) is 43.8 Å². The minimum Gasteiger partial charge on any atom is -0.295 e. The first-order chi connectivity index (χ1) is 25.4. The van der Waals surface area contributed by atoms with Crippen LogP contribution in [-0.4, -0.2) is 48.4 Å². The molecule has 8 rings (SSSR count). The van der Waals surface area contributed by atoms with Crippen LogP contribution >= 0.6 is 26.4 Å². The maximum Gasteiger partial charge on any atom is 2.00 e. The number of hydrogen-bond donors (Lipinski definition) is 0. The van der Waals surface area contributed by atoms with E-state index in [0.29, 0.717) is 0 Å². The normalized spacial score (nSPS) is 10.5. The van der Waals surface area contributed by atoms with Gasteiger partial charge in [0, 0.05) is 12.4 Å². The number of pyridine rings is 4. The van der Waals surface area contributed by atoms with E-state index in [1.165, 1.54) is 0 Å². The Kier molecular flexibility index (Phi) is 24.2. The Morgan fingerprint density at radius 3 is 1.31 bits per heavy atom. The summed E-state index contributed by atoms with van der Waals surface area (Å²) in [5, 5.41) is 0. The van der Waals surface area contributed by atoms with E-state index in [-0.39, 0.29) is 45.5 Å². The molecule has 7 aromatic rings. The zero-order valence-corrected chi connectivity index (χ0v) is 37.2. The van der Waals surface area contributed by atoms with Crippen molar-refractivity contribution in [3.63, 3.8) is 0 Å². The van der Waals surface area contributed by atoms with E-state index in [4.69, 9.17) is 0 Å². The second-order valence-corrected chi connectivity index (χ2v) is 11.3. The number of aromatic nitrogens is 6. The molecule has 290 valence electrons. The fourth-order valence-electron chi connectivity index (χ4n) is 4.74. The van der Waals surface area contributed by atoms with E-state index < -0.39 is 0 Å². The SMILES string of the molecule is Br.C.CN1C=CN(C)[CH-]1.Cn1cc[n+](C)c1.[Cl][Pt+].[Pt+2].[c-]1ccccc1-c1cccc(-c2ccccn2)n1.[c-]1ccccc1-c1cccc(-c2ccccn2)n1. The Hall–Kier alpha value is -4.26. The van der Waals surface area contributed by atoms with Gasteiger partial charge in [-0.3, -0.25) is 19.9 Å². The van der Waals surface area contributed by atoms with Crippen LogP contribution < -0.4 is 4.57 Å². The molecule has 55 heavy (non-hydrogen) atoms. The van der Waals surface area contributed by atoms with Crippen LogP contribution in [0.4, 0.5) is 0 Å². The van der Waals surface area contributed by atoms with Crippen molar-refractivity contribution in [2.45, 2.75) is 7.43 Å². The summed E-state index contributed by atoms with van der Waals surface area (Å²) in [7, 11) is 12.6. The van der Waals surface area contributed by atoms with Crippen LogP contribution in [0.5, 0.6) is 0 Å². The zero-order chi connectivity index (χ0) is 37.0. The third kappa shape index (κ3) is 17.0. The van der Waals surface area contributed by atoms with Crippen LogP contribution in [0.2, 0.25) is 0 Å². The number of nitrogens with zero attached hydrogens (tertiary/aromatic N) is 8. The van der Waals surface area contributed by atoms with Gasteiger partial charge in [0.15, 0.2) is 0 Å². The van der Waals surface area contributed by atoms with Crippen molar-refractivity contribution in [3.8, 4) is 45.3 Å². The molecule has 2 aromatic carbocycles. The second kappa shape index (κ2) is 27.3. The topological polar surface area (TPSA) is 66.8 Å². The van der Waals surface area contributed by atoms with Crippen molar-refractivity contribution in [2.75, 3.05) is 14.1 Å². The monoisotopic (exact) mass is 1180 g/mol. The minimum atomic E-state index is 0. The second-order valence-electron chi connectivity index (χ2n) is 11.3. The average molecular weight is 1180 g/mol. The van der Waals surface area contributed by atoms with Crippen molar-refractivity contribution in [2.24, 2.45) is 14.1 Å². The van der Waals surface area contributed by atoms with Crippen LogP contribution in [0.3, 0.4) is 0 Å². The molecular weight excluding hydrogens is 1130 g/mol. The van der Waals surface area contributed by atoms with E-state index in [0.717, 1.165) is 45.3 Å². The molecule has 0 radical (unpaired) electrons. The third-order valence-electron chi connectivity index (χ3n) is 7.13. The molecule has 0 saturated heterocycles. The Bertz CT molecular complexity index is 1800. The zero-order valence-electron chi connectivity index (χ0n) is 30.2. The van der Waals surface area contributed by atoms with E-state index >= 15 is 0 Å². The molecule has 5 aromatic heterocycles. The third-order valence-corrected chi connectivity index (χ3v) is 7.13. The number of hydrogen-bond acceptors (Lipinski definition) is 6. The smallest absolute Gasteiger partial charge is 0.295 e. The van der Waals surface area contributed by atoms with Crippen molar-refractivity contribution < 1.29 is 44.4 Å². The van der Waals surface area contributed by atoms with Crippen LogP contribution in [0.1, 0.15) is 7.43 Å². The first-order valence-electron chi connectivity index (χ1n) is 16.2. The van der Waals surface area contributed by atoms with Gasteiger partial charge < -0.3 is 9.80 Å². The molecule has 0 aliphatic carbocycles. The fraction of sp³-hybridized carbons (Fsp3) is 0.116. The summed E-state index contributed by atoms with van der Waals surface area (Å²) in [5.74, 6) is 0. The quantitative estimate of drug-likeness (QED) is 0.129. The molecule has 0 N–H and O–H groups in total. The van der Waals surface area contributed by atoms with Gasteiger partial charge in [-0.25, -0.2) is 9.13 Å². The molecule has 8 nitrogen and oxygen atoms in total. The van der Waals surface area contributed by atoms with Crippen LogP contribution in [0.25, 0.3) is 45.3 Å². The summed E-state index contributed by atoms with van der Waals surface area (Å²) in [6, 6.07) is 45.6. The molecule has 1 aliphatic heterocycles. The maximum absolute atomic E-state index is 4.62. The number of rotatable bonds is 4. The van der Waals surface area contributed by atoms with Crippen molar-refractivity contribution in [1.82, 2.24) is 34.3 Å². The Morgan fingerprint density at radius 1 is 0.600 bits per heavy atom. The van der Waals surface area contributed by atoms with Crippen molar-refractivity contribution >= 4 is 26.4 Å². The molecule has 0 spiro atoms. The number of benzene rings is 2. The number of halogens is 2.